The van der Waals surface area contributed by atoms with Crippen molar-refractivity contribution in [1.29, 1.82) is 0 Å². The van der Waals surface area contributed by atoms with E-state index in [-0.39, 0.29) is 12.5 Å². The lowest BCUT2D eigenvalue weighted by molar-refractivity contribution is 0.0907. The van der Waals surface area contributed by atoms with E-state index in [9.17, 15) is 9.90 Å². The van der Waals surface area contributed by atoms with E-state index >= 15 is 0 Å². The Bertz CT molecular complexity index is 467. The second-order valence-corrected chi connectivity index (χ2v) is 5.06. The molecule has 5 heteroatoms. The molecule has 1 aliphatic rings. The number of benzene rings is 1. The predicted molar refractivity (Wildman–Crippen MR) is 71.7 cm³/mol. The number of carbonyl (C=O) groups is 1. The summed E-state index contributed by atoms with van der Waals surface area (Å²) >= 11 is 0. The van der Waals surface area contributed by atoms with Gasteiger partial charge in [-0.15, -0.1) is 0 Å². The highest BCUT2D eigenvalue weighted by molar-refractivity contribution is 5.96. The summed E-state index contributed by atoms with van der Waals surface area (Å²) in [7, 11) is 3.80. The lowest BCUT2D eigenvalue weighted by atomic mass is 10.1. The summed E-state index contributed by atoms with van der Waals surface area (Å²) in [4.78, 5) is 13.9. The van der Waals surface area contributed by atoms with Crippen LogP contribution in [0.25, 0.3) is 0 Å². The lowest BCUT2D eigenvalue weighted by Crippen LogP contribution is -2.39. The molecule has 0 radical (unpaired) electrons. The van der Waals surface area contributed by atoms with Crippen LogP contribution < -0.4 is 16.0 Å². The molecule has 4 N–H and O–H groups in total. The normalized spacial score (nSPS) is 16.2. The first-order valence-corrected chi connectivity index (χ1v) is 5.98. The van der Waals surface area contributed by atoms with E-state index in [0.29, 0.717) is 11.3 Å². The zero-order chi connectivity index (χ0) is 13.3. The van der Waals surface area contributed by atoms with E-state index in [1.165, 1.54) is 0 Å². The van der Waals surface area contributed by atoms with Gasteiger partial charge in [0.05, 0.1) is 23.5 Å². The van der Waals surface area contributed by atoms with Crippen LogP contribution in [-0.2, 0) is 0 Å². The molecule has 2 rings (SSSR count). The summed E-state index contributed by atoms with van der Waals surface area (Å²) in [6.45, 7) is -0.00992. The number of hydrogen-bond donors (Lipinski definition) is 3. The third-order valence-electron chi connectivity index (χ3n) is 3.31. The van der Waals surface area contributed by atoms with Gasteiger partial charge in [-0.05, 0) is 31.0 Å². The highest BCUT2D eigenvalue weighted by Crippen LogP contribution is 2.35. The molecule has 1 aromatic rings. The predicted octanol–water partition coefficient (Wildman–Crippen LogP) is 0.589. The van der Waals surface area contributed by atoms with Crippen molar-refractivity contribution in [3.8, 4) is 0 Å². The van der Waals surface area contributed by atoms with Gasteiger partial charge in [0.2, 0.25) is 0 Å². The fourth-order valence-electron chi connectivity index (χ4n) is 1.89. The number of nitrogen functional groups attached to an aromatic ring is 1. The number of nitrogens with one attached hydrogen (secondary N) is 1. The summed E-state index contributed by atoms with van der Waals surface area (Å²) in [6.07, 6.45) is 1.67. The second kappa shape index (κ2) is 4.49. The Morgan fingerprint density at radius 2 is 2.17 bits per heavy atom. The van der Waals surface area contributed by atoms with Crippen molar-refractivity contribution in [3.05, 3.63) is 23.8 Å². The van der Waals surface area contributed by atoms with Gasteiger partial charge in [0.25, 0.3) is 5.91 Å². The van der Waals surface area contributed by atoms with Crippen LogP contribution in [0.2, 0.25) is 0 Å². The summed E-state index contributed by atoms with van der Waals surface area (Å²) in [5, 5.41) is 12.0. The molecule has 1 amide bonds. The third-order valence-corrected chi connectivity index (χ3v) is 3.31. The van der Waals surface area contributed by atoms with Gasteiger partial charge in [0.15, 0.2) is 0 Å². The van der Waals surface area contributed by atoms with E-state index in [2.05, 4.69) is 5.32 Å². The summed E-state index contributed by atoms with van der Waals surface area (Å²) in [5.74, 6) is -0.182. The molecule has 0 saturated heterocycles. The Morgan fingerprint density at radius 3 is 2.61 bits per heavy atom. The monoisotopic (exact) mass is 249 g/mol. The van der Waals surface area contributed by atoms with Crippen LogP contribution in [0.5, 0.6) is 0 Å². The first kappa shape index (κ1) is 12.7. The first-order chi connectivity index (χ1) is 8.47. The number of nitrogens with zero attached hydrogens (tertiary/aromatic N) is 1. The molecular formula is C13H19N3O2. The highest BCUT2D eigenvalue weighted by Gasteiger charge is 2.43. The molecule has 5 nitrogen and oxygen atoms in total. The minimum atomic E-state index is -0.397. The topological polar surface area (TPSA) is 78.6 Å². The van der Waals surface area contributed by atoms with E-state index in [1.807, 2.05) is 25.1 Å². The van der Waals surface area contributed by atoms with E-state index in [1.54, 1.807) is 12.1 Å². The number of rotatable bonds is 4. The van der Waals surface area contributed by atoms with Crippen molar-refractivity contribution in [2.24, 2.45) is 0 Å². The Morgan fingerprint density at radius 1 is 1.50 bits per heavy atom. The molecule has 0 bridgehead atoms. The number of amides is 1. The van der Waals surface area contributed by atoms with Gasteiger partial charge in [-0.1, -0.05) is 0 Å². The van der Waals surface area contributed by atoms with Crippen molar-refractivity contribution in [1.82, 2.24) is 5.32 Å². The molecule has 1 fully saturated rings. The number of anilines is 2. The van der Waals surface area contributed by atoms with Gasteiger partial charge >= 0.3 is 0 Å². The maximum atomic E-state index is 12.0. The van der Waals surface area contributed by atoms with Gasteiger partial charge < -0.3 is 21.1 Å². The van der Waals surface area contributed by atoms with Crippen LogP contribution in [-0.4, -0.2) is 37.3 Å². The van der Waals surface area contributed by atoms with Gasteiger partial charge in [0.1, 0.15) is 0 Å². The van der Waals surface area contributed by atoms with E-state index in [0.717, 1.165) is 18.5 Å². The number of nitrogens with two attached hydrogens (primary N) is 1. The molecule has 0 heterocycles. The standard InChI is InChI=1S/C13H19N3O2/c1-16(2)11-4-3-9(7-10(11)14)12(18)15-13(8-17)5-6-13/h3-4,7,17H,5-6,8,14H2,1-2H3,(H,15,18). The zero-order valence-corrected chi connectivity index (χ0v) is 10.7. The number of aliphatic hydroxyl groups excluding tert-OH is 1. The van der Waals surface area contributed by atoms with Crippen molar-refractivity contribution in [2.45, 2.75) is 18.4 Å². The Kier molecular flexibility index (Phi) is 3.17. The molecule has 1 saturated carbocycles. The molecule has 1 aromatic carbocycles. The molecule has 0 atom stereocenters. The average Bonchev–Trinajstić information content (AvgIpc) is 3.09. The molecular weight excluding hydrogens is 230 g/mol. The molecule has 0 spiro atoms. The van der Waals surface area contributed by atoms with E-state index in [4.69, 9.17) is 5.73 Å². The molecule has 98 valence electrons. The van der Waals surface area contributed by atoms with Crippen LogP contribution >= 0.6 is 0 Å². The average molecular weight is 249 g/mol. The maximum absolute atomic E-state index is 12.0. The first-order valence-electron chi connectivity index (χ1n) is 5.98. The van der Waals surface area contributed by atoms with E-state index < -0.39 is 5.54 Å². The molecule has 0 unspecified atom stereocenters. The maximum Gasteiger partial charge on any atom is 0.251 e. The fraction of sp³-hybridized carbons (Fsp3) is 0.462. The Hall–Kier alpha value is -1.75. The molecule has 0 aliphatic heterocycles. The van der Waals surface area contributed by atoms with Crippen LogP contribution in [0, 0.1) is 0 Å². The second-order valence-electron chi connectivity index (χ2n) is 5.06. The Balaban J connectivity index is 2.14. The van der Waals surface area contributed by atoms with Crippen LogP contribution in [0.1, 0.15) is 23.2 Å². The quantitative estimate of drug-likeness (QED) is 0.682. The SMILES string of the molecule is CN(C)c1ccc(C(=O)NC2(CO)CC2)cc1N. The van der Waals surface area contributed by atoms with Gasteiger partial charge in [0, 0.05) is 19.7 Å². The summed E-state index contributed by atoms with van der Waals surface area (Å²) in [6, 6.07) is 5.23. The van der Waals surface area contributed by atoms with Crippen LogP contribution in [0.15, 0.2) is 18.2 Å². The summed E-state index contributed by atoms with van der Waals surface area (Å²) < 4.78 is 0. The van der Waals surface area contributed by atoms with Gasteiger partial charge in [-0.3, -0.25) is 4.79 Å². The van der Waals surface area contributed by atoms with Crippen LogP contribution in [0.4, 0.5) is 11.4 Å². The minimum absolute atomic E-state index is 0.00992. The van der Waals surface area contributed by atoms with Crippen molar-refractivity contribution in [3.63, 3.8) is 0 Å². The van der Waals surface area contributed by atoms with Gasteiger partial charge in [-0.2, -0.15) is 0 Å². The lowest BCUT2D eigenvalue weighted by Gasteiger charge is -2.17. The minimum Gasteiger partial charge on any atom is -0.397 e. The molecule has 18 heavy (non-hydrogen) atoms. The molecule has 1 aliphatic carbocycles. The summed E-state index contributed by atoms with van der Waals surface area (Å²) in [5.41, 5.74) is 7.48. The van der Waals surface area contributed by atoms with Crippen molar-refractivity contribution < 1.29 is 9.90 Å². The van der Waals surface area contributed by atoms with Gasteiger partial charge in [-0.25, -0.2) is 0 Å². The van der Waals surface area contributed by atoms with Crippen LogP contribution in [0.3, 0.4) is 0 Å². The number of hydrogen-bond acceptors (Lipinski definition) is 4. The number of aliphatic hydroxyl groups is 1. The smallest absolute Gasteiger partial charge is 0.251 e. The highest BCUT2D eigenvalue weighted by atomic mass is 16.3. The largest absolute Gasteiger partial charge is 0.397 e. The van der Waals surface area contributed by atoms with Crippen molar-refractivity contribution >= 4 is 17.3 Å². The molecule has 0 aromatic heterocycles. The zero-order valence-electron chi connectivity index (χ0n) is 10.7. The van der Waals surface area contributed by atoms with Crippen molar-refractivity contribution in [2.75, 3.05) is 31.3 Å². The third kappa shape index (κ3) is 2.41. The number of carbonyl (C=O) groups excluding carboxylic acids is 1. The fourth-order valence-corrected chi connectivity index (χ4v) is 1.89. The Labute approximate surface area is 107 Å².